The number of rotatable bonds is 6. The van der Waals surface area contributed by atoms with E-state index >= 15 is 0 Å². The summed E-state index contributed by atoms with van der Waals surface area (Å²) < 4.78 is 36.2. The largest absolute Gasteiger partial charge is 0.481 e. The second-order valence-corrected chi connectivity index (χ2v) is 8.26. The molecule has 0 spiro atoms. The Labute approximate surface area is 151 Å². The number of aromatic nitrogens is 2. The van der Waals surface area contributed by atoms with Crippen LogP contribution >= 0.6 is 0 Å². The summed E-state index contributed by atoms with van der Waals surface area (Å²) in [4.78, 5) is 4.85. The Hall–Kier alpha value is -2.67. The first kappa shape index (κ1) is 16.8. The van der Waals surface area contributed by atoms with E-state index in [1.165, 1.54) is 12.1 Å². The van der Waals surface area contributed by atoms with Gasteiger partial charge in [0.05, 0.1) is 9.79 Å². The summed E-state index contributed by atoms with van der Waals surface area (Å²) in [5, 5.41) is 3.98. The molecule has 1 saturated carbocycles. The Kier molecular flexibility index (Phi) is 4.24. The van der Waals surface area contributed by atoms with Gasteiger partial charge in [0.15, 0.2) is 11.9 Å². The molecule has 3 aromatic rings. The van der Waals surface area contributed by atoms with E-state index in [9.17, 15) is 8.42 Å². The van der Waals surface area contributed by atoms with Crippen LogP contribution in [0.5, 0.6) is 5.75 Å². The fourth-order valence-corrected chi connectivity index (χ4v) is 3.89. The van der Waals surface area contributed by atoms with Gasteiger partial charge in [-0.05, 0) is 56.2 Å². The number of hydrogen-bond acceptors (Lipinski definition) is 6. The lowest BCUT2D eigenvalue weighted by Crippen LogP contribution is -2.05. The smallest absolute Gasteiger partial charge is 0.267 e. The lowest BCUT2D eigenvalue weighted by atomic mass is 10.3. The van der Waals surface area contributed by atoms with Crippen molar-refractivity contribution in [3.8, 4) is 5.75 Å². The Morgan fingerprint density at radius 3 is 2.35 bits per heavy atom. The maximum Gasteiger partial charge on any atom is 0.267 e. The first-order valence-corrected chi connectivity index (χ1v) is 9.93. The number of benzene rings is 2. The second-order valence-electron chi connectivity index (χ2n) is 6.31. The van der Waals surface area contributed by atoms with E-state index in [0.29, 0.717) is 17.6 Å². The van der Waals surface area contributed by atoms with Gasteiger partial charge in [0.25, 0.3) is 5.89 Å². The molecule has 1 atom stereocenters. The molecule has 2 aromatic carbocycles. The Morgan fingerprint density at radius 2 is 1.69 bits per heavy atom. The van der Waals surface area contributed by atoms with Gasteiger partial charge in [-0.15, -0.1) is 0 Å². The van der Waals surface area contributed by atoms with Crippen LogP contribution < -0.4 is 4.74 Å². The lowest BCUT2D eigenvalue weighted by molar-refractivity contribution is 0.175. The van der Waals surface area contributed by atoms with Crippen LogP contribution in [0.1, 0.15) is 43.5 Å². The maximum atomic E-state index is 12.6. The number of hydrogen-bond donors (Lipinski definition) is 0. The molecule has 26 heavy (non-hydrogen) atoms. The summed E-state index contributed by atoms with van der Waals surface area (Å²) in [6.07, 6.45) is 1.79. The van der Waals surface area contributed by atoms with Gasteiger partial charge in [0.1, 0.15) is 5.75 Å². The zero-order valence-corrected chi connectivity index (χ0v) is 15.0. The summed E-state index contributed by atoms with van der Waals surface area (Å²) in [6.45, 7) is 1.82. The number of nitrogens with zero attached hydrogens (tertiary/aromatic N) is 2. The van der Waals surface area contributed by atoms with Crippen molar-refractivity contribution < 1.29 is 17.7 Å². The highest BCUT2D eigenvalue weighted by molar-refractivity contribution is 7.91. The van der Waals surface area contributed by atoms with Gasteiger partial charge in [-0.3, -0.25) is 0 Å². The Balaban J connectivity index is 1.48. The molecule has 0 amide bonds. The van der Waals surface area contributed by atoms with Gasteiger partial charge in [0, 0.05) is 5.92 Å². The SMILES string of the molecule is CC(Oc1ccc(S(=O)(=O)c2ccccc2)cc1)c1nc(C2CC2)no1. The molecule has 1 heterocycles. The maximum absolute atomic E-state index is 12.6. The molecule has 0 radical (unpaired) electrons. The molecule has 0 aliphatic heterocycles. The van der Waals surface area contributed by atoms with Crippen LogP contribution in [0.3, 0.4) is 0 Å². The van der Waals surface area contributed by atoms with Gasteiger partial charge >= 0.3 is 0 Å². The predicted octanol–water partition coefficient (Wildman–Crippen LogP) is 3.92. The highest BCUT2D eigenvalue weighted by Gasteiger charge is 2.30. The first-order valence-electron chi connectivity index (χ1n) is 8.44. The van der Waals surface area contributed by atoms with Crippen LogP contribution in [0.4, 0.5) is 0 Å². The minimum Gasteiger partial charge on any atom is -0.481 e. The normalized spacial score (nSPS) is 15.6. The summed E-state index contributed by atoms with van der Waals surface area (Å²) in [7, 11) is -3.53. The molecule has 6 nitrogen and oxygen atoms in total. The van der Waals surface area contributed by atoms with Gasteiger partial charge in [-0.1, -0.05) is 23.4 Å². The quantitative estimate of drug-likeness (QED) is 0.654. The molecule has 4 rings (SSSR count). The molecule has 0 N–H and O–H groups in total. The molecule has 0 saturated heterocycles. The highest BCUT2D eigenvalue weighted by Crippen LogP contribution is 2.38. The van der Waals surface area contributed by atoms with Crippen molar-refractivity contribution in [1.29, 1.82) is 0 Å². The minimum atomic E-state index is -3.53. The van der Waals surface area contributed by atoms with E-state index in [4.69, 9.17) is 9.26 Å². The summed E-state index contributed by atoms with van der Waals surface area (Å²) in [6, 6.07) is 14.7. The summed E-state index contributed by atoms with van der Waals surface area (Å²) in [5.74, 6) is 2.12. The number of ether oxygens (including phenoxy) is 1. The van der Waals surface area contributed by atoms with E-state index in [0.717, 1.165) is 18.7 Å². The van der Waals surface area contributed by atoms with E-state index in [2.05, 4.69) is 10.1 Å². The Bertz CT molecular complexity index is 994. The van der Waals surface area contributed by atoms with Crippen molar-refractivity contribution in [1.82, 2.24) is 10.1 Å². The van der Waals surface area contributed by atoms with Gasteiger partial charge < -0.3 is 9.26 Å². The fraction of sp³-hybridized carbons (Fsp3) is 0.263. The summed E-state index contributed by atoms with van der Waals surface area (Å²) >= 11 is 0. The predicted molar refractivity (Wildman–Crippen MR) is 93.7 cm³/mol. The average molecular weight is 370 g/mol. The van der Waals surface area contributed by atoms with E-state index < -0.39 is 15.9 Å². The molecular formula is C19H18N2O4S. The van der Waals surface area contributed by atoms with Crippen LogP contribution in [0.25, 0.3) is 0 Å². The highest BCUT2D eigenvalue weighted by atomic mass is 32.2. The van der Waals surface area contributed by atoms with Crippen LogP contribution in [0.2, 0.25) is 0 Å². The third kappa shape index (κ3) is 3.35. The molecule has 1 unspecified atom stereocenters. The van der Waals surface area contributed by atoms with Crippen molar-refractivity contribution in [3.05, 3.63) is 66.3 Å². The first-order chi connectivity index (χ1) is 12.5. The molecule has 134 valence electrons. The molecule has 1 fully saturated rings. The Morgan fingerprint density at radius 1 is 1.04 bits per heavy atom. The average Bonchev–Trinajstić information content (AvgIpc) is 3.39. The van der Waals surface area contributed by atoms with Crippen molar-refractivity contribution in [2.24, 2.45) is 0 Å². The van der Waals surface area contributed by atoms with Crippen LogP contribution in [0, 0.1) is 0 Å². The molecule has 1 aliphatic carbocycles. The van der Waals surface area contributed by atoms with Crippen LogP contribution in [-0.4, -0.2) is 18.6 Å². The van der Waals surface area contributed by atoms with Crippen molar-refractivity contribution in [3.63, 3.8) is 0 Å². The monoisotopic (exact) mass is 370 g/mol. The molecule has 1 aromatic heterocycles. The van der Waals surface area contributed by atoms with E-state index in [1.807, 2.05) is 6.92 Å². The van der Waals surface area contributed by atoms with Crippen molar-refractivity contribution in [2.75, 3.05) is 0 Å². The number of sulfone groups is 1. The van der Waals surface area contributed by atoms with Crippen molar-refractivity contribution >= 4 is 9.84 Å². The van der Waals surface area contributed by atoms with E-state index in [-0.39, 0.29) is 9.79 Å². The van der Waals surface area contributed by atoms with Crippen LogP contribution in [0.15, 0.2) is 68.9 Å². The molecule has 7 heteroatoms. The molecule has 0 bridgehead atoms. The van der Waals surface area contributed by atoms with E-state index in [1.54, 1.807) is 42.5 Å². The van der Waals surface area contributed by atoms with Gasteiger partial charge in [0.2, 0.25) is 9.84 Å². The zero-order chi connectivity index (χ0) is 18.1. The standard InChI is InChI=1S/C19H18N2O4S/c1-13(19-20-18(21-25-19)14-7-8-14)24-15-9-11-17(12-10-15)26(22,23)16-5-3-2-4-6-16/h2-6,9-14H,7-8H2,1H3. The fourth-order valence-electron chi connectivity index (χ4n) is 2.61. The second kappa shape index (κ2) is 6.57. The lowest BCUT2D eigenvalue weighted by Gasteiger charge is -2.11. The zero-order valence-electron chi connectivity index (χ0n) is 14.2. The summed E-state index contributed by atoms with van der Waals surface area (Å²) in [5.41, 5.74) is 0. The third-order valence-corrected chi connectivity index (χ3v) is 6.03. The molecular weight excluding hydrogens is 352 g/mol. The third-order valence-electron chi connectivity index (χ3n) is 4.25. The molecule has 1 aliphatic rings. The van der Waals surface area contributed by atoms with Crippen molar-refractivity contribution in [2.45, 2.75) is 41.6 Å². The van der Waals surface area contributed by atoms with Gasteiger partial charge in [-0.2, -0.15) is 4.98 Å². The van der Waals surface area contributed by atoms with Crippen LogP contribution in [-0.2, 0) is 9.84 Å². The topological polar surface area (TPSA) is 82.3 Å². The van der Waals surface area contributed by atoms with Gasteiger partial charge in [-0.25, -0.2) is 8.42 Å². The minimum absolute atomic E-state index is 0.220.